The molecule has 0 atom stereocenters. The number of H-pyrrole nitrogens is 1. The zero-order valence-electron chi connectivity index (χ0n) is 17.4. The lowest BCUT2D eigenvalue weighted by atomic mass is 9.82. The molecular formula is C23H29ClN4O2. The molecule has 1 aliphatic heterocycles. The van der Waals surface area contributed by atoms with Gasteiger partial charge < -0.3 is 10.2 Å². The summed E-state index contributed by atoms with van der Waals surface area (Å²) in [4.78, 5) is 27.3. The van der Waals surface area contributed by atoms with Gasteiger partial charge in [0.2, 0.25) is 5.91 Å². The molecule has 0 unspecified atom stereocenters. The lowest BCUT2D eigenvalue weighted by Gasteiger charge is -2.33. The molecule has 2 aromatic rings. The summed E-state index contributed by atoms with van der Waals surface area (Å²) in [6, 6.07) is 9.34. The minimum Gasteiger partial charge on any atom is -0.353 e. The summed E-state index contributed by atoms with van der Waals surface area (Å²) in [6.45, 7) is 3.53. The van der Waals surface area contributed by atoms with Crippen LogP contribution in [-0.4, -0.2) is 46.0 Å². The van der Waals surface area contributed by atoms with Crippen molar-refractivity contribution in [3.63, 3.8) is 0 Å². The Morgan fingerprint density at radius 1 is 1.10 bits per heavy atom. The van der Waals surface area contributed by atoms with Crippen molar-refractivity contribution >= 4 is 23.4 Å². The van der Waals surface area contributed by atoms with Gasteiger partial charge in [0, 0.05) is 35.6 Å². The smallest absolute Gasteiger partial charge is 0.271 e. The van der Waals surface area contributed by atoms with E-state index in [1.807, 2.05) is 29.2 Å². The third-order valence-electron chi connectivity index (χ3n) is 6.44. The van der Waals surface area contributed by atoms with Gasteiger partial charge in [-0.1, -0.05) is 30.7 Å². The second kappa shape index (κ2) is 9.21. The van der Waals surface area contributed by atoms with Crippen LogP contribution in [0.1, 0.15) is 55.9 Å². The summed E-state index contributed by atoms with van der Waals surface area (Å²) >= 11 is 6.05. The Hall–Kier alpha value is -2.34. The van der Waals surface area contributed by atoms with Crippen molar-refractivity contribution in [2.45, 2.75) is 51.5 Å². The van der Waals surface area contributed by atoms with Crippen LogP contribution in [0.3, 0.4) is 0 Å². The Bertz CT molecular complexity index is 896. The molecule has 2 fully saturated rings. The van der Waals surface area contributed by atoms with Crippen molar-refractivity contribution in [2.24, 2.45) is 11.8 Å². The first kappa shape index (κ1) is 20.9. The molecule has 7 heteroatoms. The summed E-state index contributed by atoms with van der Waals surface area (Å²) in [5, 5.41) is 11.0. The van der Waals surface area contributed by atoms with Crippen LogP contribution in [0.25, 0.3) is 11.3 Å². The molecule has 0 radical (unpaired) electrons. The fraction of sp³-hybridized carbons (Fsp3) is 0.522. The van der Waals surface area contributed by atoms with Crippen LogP contribution in [0.5, 0.6) is 0 Å². The summed E-state index contributed by atoms with van der Waals surface area (Å²) < 4.78 is 0. The van der Waals surface area contributed by atoms with Gasteiger partial charge in [0.05, 0.1) is 5.69 Å². The quantitative estimate of drug-likeness (QED) is 0.762. The molecule has 2 N–H and O–H groups in total. The second-order valence-corrected chi connectivity index (χ2v) is 9.15. The van der Waals surface area contributed by atoms with Crippen molar-refractivity contribution in [2.75, 3.05) is 13.1 Å². The fourth-order valence-electron chi connectivity index (χ4n) is 4.47. The number of hydrogen-bond donors (Lipinski definition) is 2. The number of carbonyl (C=O) groups excluding carboxylic acids is 2. The molecule has 2 amide bonds. The van der Waals surface area contributed by atoms with E-state index in [0.29, 0.717) is 29.5 Å². The molecule has 0 spiro atoms. The van der Waals surface area contributed by atoms with Gasteiger partial charge in [0.25, 0.3) is 5.91 Å². The lowest BCUT2D eigenvalue weighted by Crippen LogP contribution is -2.48. The van der Waals surface area contributed by atoms with Crippen LogP contribution in [0.15, 0.2) is 30.3 Å². The second-order valence-electron chi connectivity index (χ2n) is 8.71. The molecule has 6 nitrogen and oxygen atoms in total. The number of likely N-dealkylation sites (tertiary alicyclic amines) is 1. The van der Waals surface area contributed by atoms with Crippen LogP contribution in [-0.2, 0) is 4.79 Å². The van der Waals surface area contributed by atoms with E-state index in [1.54, 1.807) is 6.07 Å². The molecule has 1 saturated heterocycles. The molecular weight excluding hydrogens is 400 g/mol. The summed E-state index contributed by atoms with van der Waals surface area (Å²) in [5.74, 6) is 1.05. The maximum absolute atomic E-state index is 12.9. The van der Waals surface area contributed by atoms with Gasteiger partial charge >= 0.3 is 0 Å². The number of nitrogens with one attached hydrogen (secondary N) is 2. The van der Waals surface area contributed by atoms with Gasteiger partial charge in [-0.2, -0.15) is 5.10 Å². The predicted molar refractivity (Wildman–Crippen MR) is 117 cm³/mol. The first-order valence-electron chi connectivity index (χ1n) is 10.9. The van der Waals surface area contributed by atoms with E-state index in [-0.39, 0.29) is 23.8 Å². The van der Waals surface area contributed by atoms with Gasteiger partial charge in [-0.05, 0) is 62.6 Å². The van der Waals surface area contributed by atoms with Crippen molar-refractivity contribution in [1.82, 2.24) is 20.4 Å². The van der Waals surface area contributed by atoms with E-state index in [0.717, 1.165) is 50.0 Å². The zero-order valence-corrected chi connectivity index (χ0v) is 18.1. The molecule has 160 valence electrons. The Balaban J connectivity index is 1.29. The van der Waals surface area contributed by atoms with E-state index < -0.39 is 0 Å². The highest BCUT2D eigenvalue weighted by Crippen LogP contribution is 2.29. The molecule has 1 aromatic heterocycles. The van der Waals surface area contributed by atoms with Gasteiger partial charge in [0.15, 0.2) is 0 Å². The number of carbonyl (C=O) groups is 2. The number of aromatic nitrogens is 2. The number of benzene rings is 1. The predicted octanol–water partition coefficient (Wildman–Crippen LogP) is 4.28. The number of hydrogen-bond acceptors (Lipinski definition) is 3. The standard InChI is InChI=1S/C23H29ClN4O2/c1-15-5-7-16(8-6-15)22(29)25-19-9-11-28(12-10-19)23(30)21-14-20(26-27-21)17-3-2-4-18(24)13-17/h2-4,13-16,19H,5-12H2,1H3,(H,25,29)(H,26,27). The normalized spacial score (nSPS) is 22.7. The minimum absolute atomic E-state index is 0.0539. The van der Waals surface area contributed by atoms with E-state index in [4.69, 9.17) is 11.6 Å². The van der Waals surface area contributed by atoms with Crippen LogP contribution in [0.2, 0.25) is 5.02 Å². The van der Waals surface area contributed by atoms with Crippen molar-refractivity contribution in [1.29, 1.82) is 0 Å². The lowest BCUT2D eigenvalue weighted by molar-refractivity contribution is -0.127. The minimum atomic E-state index is -0.0539. The number of amides is 2. The average molecular weight is 429 g/mol. The van der Waals surface area contributed by atoms with Crippen molar-refractivity contribution < 1.29 is 9.59 Å². The van der Waals surface area contributed by atoms with Crippen molar-refractivity contribution in [3.05, 3.63) is 41.0 Å². The Morgan fingerprint density at radius 3 is 2.53 bits per heavy atom. The molecule has 1 aliphatic carbocycles. The number of rotatable bonds is 4. The molecule has 2 aliphatic rings. The topological polar surface area (TPSA) is 78.1 Å². The third-order valence-corrected chi connectivity index (χ3v) is 6.68. The van der Waals surface area contributed by atoms with Crippen LogP contribution in [0.4, 0.5) is 0 Å². The van der Waals surface area contributed by atoms with Crippen LogP contribution in [0, 0.1) is 11.8 Å². The molecule has 1 aromatic carbocycles. The fourth-order valence-corrected chi connectivity index (χ4v) is 4.66. The van der Waals surface area contributed by atoms with E-state index in [9.17, 15) is 9.59 Å². The third kappa shape index (κ3) is 4.86. The summed E-state index contributed by atoms with van der Waals surface area (Å²) in [6.07, 6.45) is 5.86. The molecule has 1 saturated carbocycles. The largest absolute Gasteiger partial charge is 0.353 e. The number of piperidine rings is 1. The average Bonchev–Trinajstić information content (AvgIpc) is 3.24. The molecule has 0 bridgehead atoms. The highest BCUT2D eigenvalue weighted by atomic mass is 35.5. The SMILES string of the molecule is CC1CCC(C(=O)NC2CCN(C(=O)c3cc(-c4cccc(Cl)c4)n[nH]3)CC2)CC1. The number of aromatic amines is 1. The van der Waals surface area contributed by atoms with E-state index >= 15 is 0 Å². The van der Waals surface area contributed by atoms with Gasteiger partial charge in [-0.15, -0.1) is 0 Å². The molecule has 2 heterocycles. The van der Waals surface area contributed by atoms with Crippen LogP contribution >= 0.6 is 11.6 Å². The molecule has 30 heavy (non-hydrogen) atoms. The first-order valence-corrected chi connectivity index (χ1v) is 11.3. The highest BCUT2D eigenvalue weighted by molar-refractivity contribution is 6.30. The van der Waals surface area contributed by atoms with E-state index in [2.05, 4.69) is 22.4 Å². The zero-order chi connectivity index (χ0) is 21.1. The maximum Gasteiger partial charge on any atom is 0.271 e. The maximum atomic E-state index is 12.9. The number of halogens is 1. The van der Waals surface area contributed by atoms with Gasteiger partial charge in [0.1, 0.15) is 5.69 Å². The Labute approximate surface area is 182 Å². The monoisotopic (exact) mass is 428 g/mol. The highest BCUT2D eigenvalue weighted by Gasteiger charge is 2.29. The summed E-state index contributed by atoms with van der Waals surface area (Å²) in [7, 11) is 0. The van der Waals surface area contributed by atoms with Crippen LogP contribution < -0.4 is 5.32 Å². The molecule has 4 rings (SSSR count). The summed E-state index contributed by atoms with van der Waals surface area (Å²) in [5.41, 5.74) is 2.05. The van der Waals surface area contributed by atoms with Gasteiger partial charge in [-0.25, -0.2) is 0 Å². The Morgan fingerprint density at radius 2 is 1.83 bits per heavy atom. The number of nitrogens with zero attached hydrogens (tertiary/aromatic N) is 2. The Kier molecular flexibility index (Phi) is 6.42. The van der Waals surface area contributed by atoms with E-state index in [1.165, 1.54) is 0 Å². The van der Waals surface area contributed by atoms with Crippen molar-refractivity contribution in [3.8, 4) is 11.3 Å². The first-order chi connectivity index (χ1) is 14.5. The van der Waals surface area contributed by atoms with Gasteiger partial charge in [-0.3, -0.25) is 14.7 Å².